The Kier molecular flexibility index (Phi) is 2.64. The van der Waals surface area contributed by atoms with Gasteiger partial charge in [-0.3, -0.25) is 5.43 Å². The summed E-state index contributed by atoms with van der Waals surface area (Å²) in [5.41, 5.74) is 3.34. The van der Waals surface area contributed by atoms with E-state index in [0.717, 1.165) is 5.56 Å². The van der Waals surface area contributed by atoms with E-state index in [0.29, 0.717) is 5.95 Å². The minimum atomic E-state index is 0.172. The largest absolute Gasteiger partial charge is 0.467 e. The molecule has 16 heavy (non-hydrogen) atoms. The molecule has 2 aromatic rings. The summed E-state index contributed by atoms with van der Waals surface area (Å²) < 4.78 is 6.44. The fourth-order valence-corrected chi connectivity index (χ4v) is 1.13. The molecule has 0 saturated heterocycles. The summed E-state index contributed by atoms with van der Waals surface area (Å²) >= 11 is 0. The first-order chi connectivity index (χ1) is 7.72. The van der Waals surface area contributed by atoms with Crippen molar-refractivity contribution >= 4 is 5.95 Å². The fourth-order valence-electron chi connectivity index (χ4n) is 1.13. The molecule has 0 unspecified atom stereocenters. The third kappa shape index (κ3) is 1.91. The van der Waals surface area contributed by atoms with E-state index >= 15 is 0 Å². The first kappa shape index (κ1) is 10.3. The summed E-state index contributed by atoms with van der Waals surface area (Å²) in [4.78, 5) is 12.0. The molecule has 84 valence electrons. The second kappa shape index (κ2) is 4.11. The van der Waals surface area contributed by atoms with Gasteiger partial charge in [0.25, 0.3) is 5.95 Å². The van der Waals surface area contributed by atoms with Gasteiger partial charge in [0.1, 0.15) is 0 Å². The standard InChI is InChI=1S/C8H11N7O/c1-5-3-10-15(4-5)7-11-6(14-9)12-8(13-7)16-2/h3-4H,9H2,1-2H3,(H,11,12,13,14). The monoisotopic (exact) mass is 221 g/mol. The second-order valence-corrected chi connectivity index (χ2v) is 3.05. The van der Waals surface area contributed by atoms with E-state index < -0.39 is 0 Å². The summed E-state index contributed by atoms with van der Waals surface area (Å²) in [6, 6.07) is 0.172. The van der Waals surface area contributed by atoms with Crippen molar-refractivity contribution < 1.29 is 4.74 Å². The van der Waals surface area contributed by atoms with Crippen molar-refractivity contribution in [2.75, 3.05) is 12.5 Å². The van der Waals surface area contributed by atoms with Gasteiger partial charge in [-0.1, -0.05) is 0 Å². The average Bonchev–Trinajstić information content (AvgIpc) is 2.75. The molecule has 8 nitrogen and oxygen atoms in total. The number of aryl methyl sites for hydroxylation is 1. The number of nitrogens with zero attached hydrogens (tertiary/aromatic N) is 5. The van der Waals surface area contributed by atoms with E-state index in [1.165, 1.54) is 11.8 Å². The van der Waals surface area contributed by atoms with E-state index in [1.54, 1.807) is 12.4 Å². The van der Waals surface area contributed by atoms with Crippen LogP contribution in [0.2, 0.25) is 0 Å². The van der Waals surface area contributed by atoms with Crippen LogP contribution >= 0.6 is 0 Å². The maximum atomic E-state index is 5.24. The molecule has 0 amide bonds. The van der Waals surface area contributed by atoms with Gasteiger partial charge in [-0.25, -0.2) is 10.5 Å². The van der Waals surface area contributed by atoms with Gasteiger partial charge in [0.2, 0.25) is 5.95 Å². The molecule has 2 aromatic heterocycles. The maximum Gasteiger partial charge on any atom is 0.322 e. The number of hydrogen-bond donors (Lipinski definition) is 2. The van der Waals surface area contributed by atoms with Crippen molar-refractivity contribution in [3.63, 3.8) is 0 Å². The second-order valence-electron chi connectivity index (χ2n) is 3.05. The number of aromatic nitrogens is 5. The number of hydrazine groups is 1. The number of rotatable bonds is 3. The lowest BCUT2D eigenvalue weighted by Crippen LogP contribution is -2.14. The minimum absolute atomic E-state index is 0.172. The number of nitrogens with one attached hydrogen (secondary N) is 1. The third-order valence-electron chi connectivity index (χ3n) is 1.83. The molecule has 0 spiro atoms. The van der Waals surface area contributed by atoms with Crippen molar-refractivity contribution in [2.45, 2.75) is 6.92 Å². The summed E-state index contributed by atoms with van der Waals surface area (Å²) in [5.74, 6) is 5.80. The van der Waals surface area contributed by atoms with Crippen LogP contribution in [0, 0.1) is 6.92 Å². The molecule has 0 aliphatic heterocycles. The van der Waals surface area contributed by atoms with Crippen LogP contribution < -0.4 is 16.0 Å². The molecule has 0 radical (unpaired) electrons. The summed E-state index contributed by atoms with van der Waals surface area (Å²) in [7, 11) is 1.47. The first-order valence-electron chi connectivity index (χ1n) is 4.51. The summed E-state index contributed by atoms with van der Waals surface area (Å²) in [5, 5.41) is 4.08. The predicted octanol–water partition coefficient (Wildman–Crippen LogP) is -0.340. The zero-order valence-corrected chi connectivity index (χ0v) is 8.88. The Morgan fingerprint density at radius 2 is 2.19 bits per heavy atom. The Bertz CT molecular complexity index is 473. The van der Waals surface area contributed by atoms with Gasteiger partial charge in [0.05, 0.1) is 13.3 Å². The zero-order chi connectivity index (χ0) is 11.5. The van der Waals surface area contributed by atoms with Crippen molar-refractivity contribution in [1.82, 2.24) is 24.7 Å². The van der Waals surface area contributed by atoms with Gasteiger partial charge in [0, 0.05) is 6.20 Å². The van der Waals surface area contributed by atoms with Crippen molar-refractivity contribution in [3.8, 4) is 12.0 Å². The smallest absolute Gasteiger partial charge is 0.322 e. The predicted molar refractivity (Wildman–Crippen MR) is 56.0 cm³/mol. The van der Waals surface area contributed by atoms with E-state index in [9.17, 15) is 0 Å². The highest BCUT2D eigenvalue weighted by Crippen LogP contribution is 2.09. The Hall–Kier alpha value is -2.22. The number of nitrogen functional groups attached to an aromatic ring is 1. The highest BCUT2D eigenvalue weighted by Gasteiger charge is 2.08. The molecule has 2 rings (SSSR count). The van der Waals surface area contributed by atoms with E-state index in [1.807, 2.05) is 6.92 Å². The minimum Gasteiger partial charge on any atom is -0.467 e. The Morgan fingerprint density at radius 3 is 2.75 bits per heavy atom. The molecular formula is C8H11N7O. The van der Waals surface area contributed by atoms with Gasteiger partial charge in [0.15, 0.2) is 0 Å². The lowest BCUT2D eigenvalue weighted by atomic mass is 10.4. The first-order valence-corrected chi connectivity index (χ1v) is 4.51. The quantitative estimate of drug-likeness (QED) is 0.539. The van der Waals surface area contributed by atoms with Gasteiger partial charge in [-0.2, -0.15) is 20.1 Å². The Balaban J connectivity index is 2.47. The molecule has 0 aliphatic rings. The molecule has 0 saturated carbocycles. The maximum absolute atomic E-state index is 5.24. The van der Waals surface area contributed by atoms with Crippen molar-refractivity contribution in [2.24, 2.45) is 5.84 Å². The molecule has 0 aromatic carbocycles. The molecule has 0 aliphatic carbocycles. The lowest BCUT2D eigenvalue weighted by Gasteiger charge is -2.04. The van der Waals surface area contributed by atoms with Gasteiger partial charge >= 0.3 is 6.01 Å². The van der Waals surface area contributed by atoms with Crippen LogP contribution in [0.1, 0.15) is 5.56 Å². The SMILES string of the molecule is COc1nc(NN)nc(-n2cc(C)cn2)n1. The molecule has 2 heterocycles. The van der Waals surface area contributed by atoms with Crippen molar-refractivity contribution in [3.05, 3.63) is 18.0 Å². The zero-order valence-electron chi connectivity index (χ0n) is 8.88. The highest BCUT2D eigenvalue weighted by molar-refractivity contribution is 5.28. The van der Waals surface area contributed by atoms with E-state index in [-0.39, 0.29) is 12.0 Å². The van der Waals surface area contributed by atoms with Crippen LogP contribution in [0.25, 0.3) is 5.95 Å². The highest BCUT2D eigenvalue weighted by atomic mass is 16.5. The number of methoxy groups -OCH3 is 1. The van der Waals surface area contributed by atoms with Crippen LogP contribution in [0.4, 0.5) is 5.95 Å². The summed E-state index contributed by atoms with van der Waals surface area (Å²) in [6.45, 7) is 1.92. The topological polar surface area (TPSA) is 104 Å². The molecule has 3 N–H and O–H groups in total. The number of ether oxygens (including phenoxy) is 1. The van der Waals surface area contributed by atoms with Crippen LogP contribution in [-0.4, -0.2) is 31.8 Å². The molecule has 0 fully saturated rings. The Morgan fingerprint density at radius 1 is 1.38 bits per heavy atom. The molecular weight excluding hydrogens is 210 g/mol. The normalized spacial score (nSPS) is 10.2. The Labute approximate surface area is 91.5 Å². The van der Waals surface area contributed by atoms with Gasteiger partial charge in [-0.05, 0) is 12.5 Å². The number of hydrogen-bond acceptors (Lipinski definition) is 7. The number of anilines is 1. The summed E-state index contributed by atoms with van der Waals surface area (Å²) in [6.07, 6.45) is 3.49. The molecule has 0 atom stereocenters. The van der Waals surface area contributed by atoms with Crippen LogP contribution in [-0.2, 0) is 0 Å². The van der Waals surface area contributed by atoms with Crippen LogP contribution in [0.5, 0.6) is 6.01 Å². The fraction of sp³-hybridized carbons (Fsp3) is 0.250. The number of nitrogens with two attached hydrogens (primary N) is 1. The lowest BCUT2D eigenvalue weighted by molar-refractivity contribution is 0.377. The third-order valence-corrected chi connectivity index (χ3v) is 1.83. The molecule has 0 bridgehead atoms. The van der Waals surface area contributed by atoms with E-state index in [2.05, 4.69) is 25.5 Å². The average molecular weight is 221 g/mol. The van der Waals surface area contributed by atoms with Crippen LogP contribution in [0.3, 0.4) is 0 Å². The molecule has 8 heteroatoms. The van der Waals surface area contributed by atoms with Crippen molar-refractivity contribution in [1.29, 1.82) is 0 Å². The van der Waals surface area contributed by atoms with Crippen LogP contribution in [0.15, 0.2) is 12.4 Å². The van der Waals surface area contributed by atoms with E-state index in [4.69, 9.17) is 10.6 Å². The van der Waals surface area contributed by atoms with Gasteiger partial charge in [-0.15, -0.1) is 0 Å². The van der Waals surface area contributed by atoms with Gasteiger partial charge < -0.3 is 4.74 Å².